The van der Waals surface area contributed by atoms with Crippen LogP contribution in [0.5, 0.6) is 5.75 Å². The standard InChI is InChI=1S/C9H6BrNO2/c1-13-8-3-2-6(5-12)9(10)7(8)4-11/h2-3,5H,1H3. The third kappa shape index (κ3) is 1.70. The lowest BCUT2D eigenvalue weighted by Crippen LogP contribution is -1.92. The Morgan fingerprint density at radius 1 is 1.62 bits per heavy atom. The van der Waals surface area contributed by atoms with Crippen molar-refractivity contribution in [1.29, 1.82) is 5.26 Å². The number of ether oxygens (including phenoxy) is 1. The summed E-state index contributed by atoms with van der Waals surface area (Å²) in [6.45, 7) is 0. The van der Waals surface area contributed by atoms with Gasteiger partial charge in [-0.05, 0) is 28.1 Å². The van der Waals surface area contributed by atoms with Gasteiger partial charge in [-0.2, -0.15) is 5.26 Å². The predicted octanol–water partition coefficient (Wildman–Crippen LogP) is 2.14. The fourth-order valence-electron chi connectivity index (χ4n) is 0.940. The maximum absolute atomic E-state index is 10.5. The van der Waals surface area contributed by atoms with Crippen LogP contribution in [0.15, 0.2) is 16.6 Å². The summed E-state index contributed by atoms with van der Waals surface area (Å²) < 4.78 is 5.42. The second-order valence-electron chi connectivity index (χ2n) is 2.28. The summed E-state index contributed by atoms with van der Waals surface area (Å²) in [7, 11) is 1.48. The Bertz CT molecular complexity index is 382. The maximum atomic E-state index is 10.5. The minimum Gasteiger partial charge on any atom is -0.495 e. The maximum Gasteiger partial charge on any atom is 0.151 e. The van der Waals surface area contributed by atoms with Crippen LogP contribution in [0.3, 0.4) is 0 Å². The Kier molecular flexibility index (Phi) is 3.04. The first-order valence-electron chi connectivity index (χ1n) is 3.46. The lowest BCUT2D eigenvalue weighted by atomic mass is 10.1. The highest BCUT2D eigenvalue weighted by atomic mass is 79.9. The van der Waals surface area contributed by atoms with E-state index in [1.54, 1.807) is 12.1 Å². The topological polar surface area (TPSA) is 50.1 Å². The molecular weight excluding hydrogens is 234 g/mol. The van der Waals surface area contributed by atoms with E-state index in [2.05, 4.69) is 15.9 Å². The first-order chi connectivity index (χ1) is 6.24. The van der Waals surface area contributed by atoms with Gasteiger partial charge in [0.1, 0.15) is 17.4 Å². The molecule has 66 valence electrons. The summed E-state index contributed by atoms with van der Waals surface area (Å²) >= 11 is 3.16. The Morgan fingerprint density at radius 2 is 2.31 bits per heavy atom. The van der Waals surface area contributed by atoms with Gasteiger partial charge in [0.15, 0.2) is 6.29 Å². The molecule has 0 aliphatic carbocycles. The van der Waals surface area contributed by atoms with Crippen LogP contribution < -0.4 is 4.74 Å². The minimum absolute atomic E-state index is 0.340. The van der Waals surface area contributed by atoms with Crippen molar-refractivity contribution in [2.75, 3.05) is 7.11 Å². The molecule has 0 saturated carbocycles. The third-order valence-corrected chi connectivity index (χ3v) is 2.45. The molecule has 0 atom stereocenters. The SMILES string of the molecule is COc1ccc(C=O)c(Br)c1C#N. The Morgan fingerprint density at radius 3 is 2.77 bits per heavy atom. The summed E-state index contributed by atoms with van der Waals surface area (Å²) in [5.74, 6) is 0.458. The van der Waals surface area contributed by atoms with Crippen LogP contribution >= 0.6 is 15.9 Å². The molecule has 0 saturated heterocycles. The molecule has 0 radical (unpaired) electrons. The van der Waals surface area contributed by atoms with E-state index in [0.717, 1.165) is 0 Å². The van der Waals surface area contributed by atoms with Crippen LogP contribution in [0.2, 0.25) is 0 Å². The molecule has 0 aliphatic rings. The van der Waals surface area contributed by atoms with Crippen LogP contribution in [0.1, 0.15) is 15.9 Å². The van der Waals surface area contributed by atoms with Gasteiger partial charge in [0.2, 0.25) is 0 Å². The van der Waals surface area contributed by atoms with Crippen molar-refractivity contribution in [2.45, 2.75) is 0 Å². The molecule has 1 rings (SSSR count). The molecule has 0 heterocycles. The zero-order valence-corrected chi connectivity index (χ0v) is 8.46. The van der Waals surface area contributed by atoms with Gasteiger partial charge in [-0.1, -0.05) is 0 Å². The summed E-state index contributed by atoms with van der Waals surface area (Å²) in [6.07, 6.45) is 0.685. The first-order valence-corrected chi connectivity index (χ1v) is 4.25. The monoisotopic (exact) mass is 239 g/mol. The molecule has 0 aliphatic heterocycles. The second kappa shape index (κ2) is 4.06. The zero-order valence-electron chi connectivity index (χ0n) is 6.87. The Hall–Kier alpha value is -1.34. The van der Waals surface area contributed by atoms with Crippen LogP contribution in [-0.4, -0.2) is 13.4 Å². The third-order valence-electron chi connectivity index (χ3n) is 1.59. The van der Waals surface area contributed by atoms with Crippen LogP contribution in [0.4, 0.5) is 0 Å². The number of methoxy groups -OCH3 is 1. The van der Waals surface area contributed by atoms with Crippen molar-refractivity contribution in [3.63, 3.8) is 0 Å². The van der Waals surface area contributed by atoms with E-state index in [-0.39, 0.29) is 0 Å². The highest BCUT2D eigenvalue weighted by Gasteiger charge is 2.10. The number of halogens is 1. The van der Waals surface area contributed by atoms with E-state index >= 15 is 0 Å². The van der Waals surface area contributed by atoms with Gasteiger partial charge in [-0.25, -0.2) is 0 Å². The Labute approximate surface area is 84.1 Å². The fourth-order valence-corrected chi connectivity index (χ4v) is 1.45. The van der Waals surface area contributed by atoms with E-state index in [4.69, 9.17) is 10.00 Å². The van der Waals surface area contributed by atoms with Crippen LogP contribution in [0.25, 0.3) is 0 Å². The molecule has 0 aromatic heterocycles. The first kappa shape index (κ1) is 9.75. The zero-order chi connectivity index (χ0) is 9.84. The van der Waals surface area contributed by atoms with E-state index in [0.29, 0.717) is 27.6 Å². The predicted molar refractivity (Wildman–Crippen MR) is 50.8 cm³/mol. The molecule has 0 unspecified atom stereocenters. The van der Waals surface area contributed by atoms with Crippen molar-refractivity contribution >= 4 is 22.2 Å². The lowest BCUT2D eigenvalue weighted by molar-refractivity contribution is 0.112. The normalized spacial score (nSPS) is 9.00. The number of benzene rings is 1. The van der Waals surface area contributed by atoms with Crippen LogP contribution in [0, 0.1) is 11.3 Å². The molecule has 3 nitrogen and oxygen atoms in total. The minimum atomic E-state index is 0.340. The van der Waals surface area contributed by atoms with Gasteiger partial charge in [0, 0.05) is 10.0 Å². The highest BCUT2D eigenvalue weighted by molar-refractivity contribution is 9.10. The summed E-state index contributed by atoms with van der Waals surface area (Å²) in [5, 5.41) is 8.77. The number of hydrogen-bond acceptors (Lipinski definition) is 3. The molecule has 1 aromatic carbocycles. The van der Waals surface area contributed by atoms with Crippen molar-refractivity contribution in [3.05, 3.63) is 27.7 Å². The van der Waals surface area contributed by atoms with E-state index in [9.17, 15) is 4.79 Å². The molecule has 0 N–H and O–H groups in total. The molecule has 0 spiro atoms. The molecule has 13 heavy (non-hydrogen) atoms. The van der Waals surface area contributed by atoms with Gasteiger partial charge in [-0.15, -0.1) is 0 Å². The lowest BCUT2D eigenvalue weighted by Gasteiger charge is -2.05. The molecule has 0 fully saturated rings. The van der Waals surface area contributed by atoms with Crippen molar-refractivity contribution in [2.24, 2.45) is 0 Å². The van der Waals surface area contributed by atoms with Gasteiger partial charge in [0.25, 0.3) is 0 Å². The largest absolute Gasteiger partial charge is 0.495 e. The smallest absolute Gasteiger partial charge is 0.151 e. The van der Waals surface area contributed by atoms with E-state index in [1.807, 2.05) is 6.07 Å². The molecule has 0 bridgehead atoms. The molecule has 4 heteroatoms. The second-order valence-corrected chi connectivity index (χ2v) is 3.07. The number of hydrogen-bond donors (Lipinski definition) is 0. The van der Waals surface area contributed by atoms with Crippen molar-refractivity contribution < 1.29 is 9.53 Å². The number of nitriles is 1. The van der Waals surface area contributed by atoms with Gasteiger partial charge in [0.05, 0.1) is 7.11 Å². The molecule has 1 aromatic rings. The summed E-state index contributed by atoms with van der Waals surface area (Å²) in [6, 6.07) is 5.14. The fraction of sp³-hybridized carbons (Fsp3) is 0.111. The highest BCUT2D eigenvalue weighted by Crippen LogP contribution is 2.28. The number of nitrogens with zero attached hydrogens (tertiary/aromatic N) is 1. The molecular formula is C9H6BrNO2. The summed E-state index contributed by atoms with van der Waals surface area (Å²) in [4.78, 5) is 10.5. The Balaban J connectivity index is 3.42. The number of rotatable bonds is 2. The number of carbonyl (C=O) groups is 1. The average Bonchev–Trinajstić information content (AvgIpc) is 2.17. The quantitative estimate of drug-likeness (QED) is 0.744. The van der Waals surface area contributed by atoms with Crippen molar-refractivity contribution in [1.82, 2.24) is 0 Å². The summed E-state index contributed by atoms with van der Waals surface area (Å²) in [5.41, 5.74) is 0.782. The van der Waals surface area contributed by atoms with Gasteiger partial charge in [-0.3, -0.25) is 4.79 Å². The van der Waals surface area contributed by atoms with Crippen molar-refractivity contribution in [3.8, 4) is 11.8 Å². The van der Waals surface area contributed by atoms with Gasteiger partial charge >= 0.3 is 0 Å². The number of aldehydes is 1. The average molecular weight is 240 g/mol. The van der Waals surface area contributed by atoms with E-state index in [1.165, 1.54) is 7.11 Å². The number of carbonyl (C=O) groups excluding carboxylic acids is 1. The van der Waals surface area contributed by atoms with Crippen LogP contribution in [-0.2, 0) is 0 Å². The molecule has 0 amide bonds. The van der Waals surface area contributed by atoms with E-state index < -0.39 is 0 Å². The van der Waals surface area contributed by atoms with Gasteiger partial charge < -0.3 is 4.74 Å².